The van der Waals surface area contributed by atoms with Crippen LogP contribution in [0.2, 0.25) is 0 Å². The number of amides is 1. The van der Waals surface area contributed by atoms with Gasteiger partial charge in [-0.15, -0.1) is 0 Å². The molecule has 2 fully saturated rings. The van der Waals surface area contributed by atoms with Crippen LogP contribution in [-0.4, -0.2) is 65.6 Å². The fourth-order valence-corrected chi connectivity index (χ4v) is 3.83. The number of carbonyl (C=O) groups excluding carboxylic acids is 1. The van der Waals surface area contributed by atoms with Gasteiger partial charge in [-0.25, -0.2) is 0 Å². The molecule has 6 nitrogen and oxygen atoms in total. The molecule has 1 saturated heterocycles. The van der Waals surface area contributed by atoms with Gasteiger partial charge < -0.3 is 25.6 Å². The maximum atomic E-state index is 12.8. The van der Waals surface area contributed by atoms with Gasteiger partial charge in [0.15, 0.2) is 0 Å². The van der Waals surface area contributed by atoms with Gasteiger partial charge in [0, 0.05) is 31.0 Å². The lowest BCUT2D eigenvalue weighted by Crippen LogP contribution is -2.82. The Bertz CT molecular complexity index is 368. The summed E-state index contributed by atoms with van der Waals surface area (Å²) in [6.07, 6.45) is 1.83. The van der Waals surface area contributed by atoms with Crippen molar-refractivity contribution in [3.8, 4) is 0 Å². The normalized spacial score (nSPS) is 35.0. The number of aliphatic hydroxyl groups excluding tert-OH is 2. The molecule has 6 heteroatoms. The van der Waals surface area contributed by atoms with E-state index in [0.29, 0.717) is 0 Å². The van der Waals surface area contributed by atoms with Gasteiger partial charge >= 0.3 is 0 Å². The second-order valence-electron chi connectivity index (χ2n) is 6.37. The summed E-state index contributed by atoms with van der Waals surface area (Å²) in [5.41, 5.74) is 5.10. The largest absolute Gasteiger partial charge is 0.395 e. The quantitative estimate of drug-likeness (QED) is 0.623. The monoisotopic (exact) mass is 286 g/mol. The Morgan fingerprint density at radius 3 is 2.50 bits per heavy atom. The van der Waals surface area contributed by atoms with E-state index in [-0.39, 0.29) is 44.2 Å². The minimum absolute atomic E-state index is 0.0234. The van der Waals surface area contributed by atoms with Gasteiger partial charge in [0.2, 0.25) is 5.91 Å². The van der Waals surface area contributed by atoms with Crippen LogP contribution in [0.3, 0.4) is 0 Å². The lowest BCUT2D eigenvalue weighted by Gasteiger charge is -2.65. The summed E-state index contributed by atoms with van der Waals surface area (Å²) in [6, 6.07) is 0. The molecule has 0 bridgehead atoms. The van der Waals surface area contributed by atoms with Gasteiger partial charge in [0.1, 0.15) is 5.54 Å². The van der Waals surface area contributed by atoms with E-state index < -0.39 is 11.0 Å². The van der Waals surface area contributed by atoms with E-state index in [1.807, 2.05) is 13.8 Å². The minimum Gasteiger partial charge on any atom is -0.395 e. The SMILES string of the molecule is CC1(C)C2OCCCC2C1(N)C(=O)N(CCO)CCO. The fraction of sp³-hybridized carbons (Fsp3) is 0.929. The molecule has 0 spiro atoms. The van der Waals surface area contributed by atoms with Crippen molar-refractivity contribution < 1.29 is 19.7 Å². The average molecular weight is 286 g/mol. The molecule has 2 rings (SSSR count). The van der Waals surface area contributed by atoms with Gasteiger partial charge in [-0.3, -0.25) is 4.79 Å². The summed E-state index contributed by atoms with van der Waals surface area (Å²) >= 11 is 0. The summed E-state index contributed by atoms with van der Waals surface area (Å²) in [4.78, 5) is 14.3. The maximum absolute atomic E-state index is 12.8. The Morgan fingerprint density at radius 1 is 1.35 bits per heavy atom. The fourth-order valence-electron chi connectivity index (χ4n) is 3.83. The van der Waals surface area contributed by atoms with Crippen LogP contribution in [0, 0.1) is 11.3 Å². The lowest BCUT2D eigenvalue weighted by molar-refractivity contribution is -0.230. The molecule has 0 aromatic carbocycles. The molecule has 1 aliphatic heterocycles. The molecule has 1 saturated carbocycles. The number of aliphatic hydroxyl groups is 2. The highest BCUT2D eigenvalue weighted by Crippen LogP contribution is 2.57. The third-order valence-electron chi connectivity index (χ3n) is 5.07. The number of carbonyl (C=O) groups is 1. The van der Waals surface area contributed by atoms with Crippen LogP contribution in [-0.2, 0) is 9.53 Å². The predicted octanol–water partition coefficient (Wildman–Crippen LogP) is -0.668. The number of hydrogen-bond acceptors (Lipinski definition) is 5. The number of fused-ring (bicyclic) bond motifs is 1. The number of nitrogens with two attached hydrogens (primary N) is 1. The van der Waals surface area contributed by atoms with E-state index in [4.69, 9.17) is 20.7 Å². The van der Waals surface area contributed by atoms with Crippen molar-refractivity contribution in [1.29, 1.82) is 0 Å². The van der Waals surface area contributed by atoms with Gasteiger partial charge in [0.05, 0.1) is 19.3 Å². The smallest absolute Gasteiger partial charge is 0.243 e. The lowest BCUT2D eigenvalue weighted by atomic mass is 9.46. The highest BCUT2D eigenvalue weighted by Gasteiger charge is 2.70. The number of ether oxygens (including phenoxy) is 1. The first-order chi connectivity index (χ1) is 9.41. The molecular formula is C14H26N2O4. The van der Waals surface area contributed by atoms with Crippen molar-refractivity contribution in [2.75, 3.05) is 32.9 Å². The summed E-state index contributed by atoms with van der Waals surface area (Å²) < 4.78 is 5.79. The van der Waals surface area contributed by atoms with E-state index >= 15 is 0 Å². The topological polar surface area (TPSA) is 96.0 Å². The van der Waals surface area contributed by atoms with E-state index in [9.17, 15) is 4.79 Å². The molecule has 0 aromatic heterocycles. The van der Waals surface area contributed by atoms with Crippen LogP contribution >= 0.6 is 0 Å². The Morgan fingerprint density at radius 2 is 1.95 bits per heavy atom. The van der Waals surface area contributed by atoms with Gasteiger partial charge in [0.25, 0.3) is 0 Å². The summed E-state index contributed by atoms with van der Waals surface area (Å²) in [5.74, 6) is -0.156. The molecule has 0 aromatic rings. The second-order valence-corrected chi connectivity index (χ2v) is 6.37. The van der Waals surface area contributed by atoms with Crippen molar-refractivity contribution in [2.24, 2.45) is 17.1 Å². The van der Waals surface area contributed by atoms with Crippen LogP contribution in [0.1, 0.15) is 26.7 Å². The zero-order valence-corrected chi connectivity index (χ0v) is 12.3. The zero-order chi connectivity index (χ0) is 15.0. The Balaban J connectivity index is 2.21. The van der Waals surface area contributed by atoms with Crippen molar-refractivity contribution in [2.45, 2.75) is 38.3 Å². The highest BCUT2D eigenvalue weighted by atomic mass is 16.5. The molecule has 1 heterocycles. The highest BCUT2D eigenvalue weighted by molar-refractivity contribution is 5.89. The first kappa shape index (κ1) is 15.7. The van der Waals surface area contributed by atoms with Gasteiger partial charge in [-0.2, -0.15) is 0 Å². The molecule has 3 atom stereocenters. The predicted molar refractivity (Wildman–Crippen MR) is 73.9 cm³/mol. The molecule has 3 unspecified atom stereocenters. The van der Waals surface area contributed by atoms with E-state index in [0.717, 1.165) is 19.4 Å². The molecule has 4 N–H and O–H groups in total. The third kappa shape index (κ3) is 2.06. The number of hydrogen-bond donors (Lipinski definition) is 3. The van der Waals surface area contributed by atoms with Crippen molar-refractivity contribution in [3.05, 3.63) is 0 Å². The van der Waals surface area contributed by atoms with Crippen molar-refractivity contribution >= 4 is 5.91 Å². The first-order valence-corrected chi connectivity index (χ1v) is 7.32. The molecule has 1 aliphatic carbocycles. The van der Waals surface area contributed by atoms with Crippen molar-refractivity contribution in [3.63, 3.8) is 0 Å². The molecule has 0 radical (unpaired) electrons. The Kier molecular flexibility index (Phi) is 4.39. The average Bonchev–Trinajstić information content (AvgIpc) is 2.45. The number of rotatable bonds is 5. The standard InChI is InChI=1S/C14H26N2O4/c1-13(2)11-10(4-3-9-20-11)14(13,15)12(19)16(5-7-17)6-8-18/h10-11,17-18H,3-9,15H2,1-2H3. The number of nitrogens with zero attached hydrogens (tertiary/aromatic N) is 1. The van der Waals surface area contributed by atoms with E-state index in [1.54, 1.807) is 0 Å². The van der Waals surface area contributed by atoms with Crippen LogP contribution in [0.15, 0.2) is 0 Å². The van der Waals surface area contributed by atoms with Gasteiger partial charge in [-0.05, 0) is 12.8 Å². The summed E-state index contributed by atoms with van der Waals surface area (Å²) in [5, 5.41) is 18.2. The van der Waals surface area contributed by atoms with E-state index in [1.165, 1.54) is 4.90 Å². The minimum atomic E-state index is -0.970. The molecule has 2 aliphatic rings. The van der Waals surface area contributed by atoms with Crippen LogP contribution < -0.4 is 5.73 Å². The Labute approximate surface area is 119 Å². The van der Waals surface area contributed by atoms with Crippen molar-refractivity contribution in [1.82, 2.24) is 4.90 Å². The molecule has 116 valence electrons. The molecular weight excluding hydrogens is 260 g/mol. The Hall–Kier alpha value is -0.690. The summed E-state index contributed by atoms with van der Waals surface area (Å²) in [6.45, 7) is 4.80. The summed E-state index contributed by atoms with van der Waals surface area (Å²) in [7, 11) is 0. The third-order valence-corrected chi connectivity index (χ3v) is 5.07. The molecule has 20 heavy (non-hydrogen) atoms. The van der Waals surface area contributed by atoms with Gasteiger partial charge in [-0.1, -0.05) is 13.8 Å². The first-order valence-electron chi connectivity index (χ1n) is 7.32. The maximum Gasteiger partial charge on any atom is 0.243 e. The van der Waals surface area contributed by atoms with E-state index in [2.05, 4.69) is 0 Å². The van der Waals surface area contributed by atoms with Crippen LogP contribution in [0.5, 0.6) is 0 Å². The second kappa shape index (κ2) is 5.60. The molecule has 1 amide bonds. The van der Waals surface area contributed by atoms with Crippen LogP contribution in [0.4, 0.5) is 0 Å². The van der Waals surface area contributed by atoms with Crippen LogP contribution in [0.25, 0.3) is 0 Å². The zero-order valence-electron chi connectivity index (χ0n) is 12.3.